The van der Waals surface area contributed by atoms with Gasteiger partial charge in [-0.2, -0.15) is 0 Å². The second-order valence-corrected chi connectivity index (χ2v) is 5.90. The molecule has 1 heterocycles. The summed E-state index contributed by atoms with van der Waals surface area (Å²) in [6.45, 7) is 0.427. The van der Waals surface area contributed by atoms with E-state index in [1.54, 1.807) is 24.5 Å². The molecule has 1 aromatic heterocycles. The van der Waals surface area contributed by atoms with E-state index in [4.69, 9.17) is 20.8 Å². The molecule has 0 unspecified atom stereocenters. The maximum atomic E-state index is 12.0. The number of anilines is 1. The lowest BCUT2D eigenvalue weighted by Gasteiger charge is -2.09. The van der Waals surface area contributed by atoms with Gasteiger partial charge in [0, 0.05) is 24.2 Å². The van der Waals surface area contributed by atoms with Crippen molar-refractivity contribution < 1.29 is 13.9 Å². The number of carbonyl (C=O) groups excluding carboxylic acids is 1. The van der Waals surface area contributed by atoms with Crippen molar-refractivity contribution in [1.82, 2.24) is 10.3 Å². The van der Waals surface area contributed by atoms with Gasteiger partial charge in [0.15, 0.2) is 0 Å². The molecule has 0 spiro atoms. The Bertz CT molecular complexity index is 881. The Kier molecular flexibility index (Phi) is 5.76. The first kappa shape index (κ1) is 17.8. The summed E-state index contributed by atoms with van der Waals surface area (Å²) in [5, 5.41) is 5.92. The van der Waals surface area contributed by atoms with Crippen LogP contribution in [0.4, 0.5) is 10.5 Å². The van der Waals surface area contributed by atoms with Gasteiger partial charge in [-0.1, -0.05) is 29.8 Å². The van der Waals surface area contributed by atoms with Gasteiger partial charge < -0.3 is 19.8 Å². The van der Waals surface area contributed by atoms with Crippen LogP contribution in [-0.4, -0.2) is 24.7 Å². The number of nitrogens with zero attached hydrogens (tertiary/aromatic N) is 1. The van der Waals surface area contributed by atoms with E-state index >= 15 is 0 Å². The first-order chi connectivity index (χ1) is 12.7. The molecule has 134 valence electrons. The van der Waals surface area contributed by atoms with Crippen LogP contribution in [0.15, 0.2) is 59.2 Å². The highest BCUT2D eigenvalue weighted by atomic mass is 35.5. The molecule has 2 N–H and O–H groups in total. The normalized spacial score (nSPS) is 10.4. The first-order valence-corrected chi connectivity index (χ1v) is 8.41. The van der Waals surface area contributed by atoms with E-state index in [-0.39, 0.29) is 6.03 Å². The minimum absolute atomic E-state index is 0.321. The van der Waals surface area contributed by atoms with Crippen molar-refractivity contribution in [3.05, 3.63) is 65.5 Å². The van der Waals surface area contributed by atoms with Crippen LogP contribution in [-0.2, 0) is 6.42 Å². The molecule has 0 aliphatic rings. The fourth-order valence-electron chi connectivity index (χ4n) is 2.36. The number of hydrogen-bond acceptors (Lipinski definition) is 4. The SMILES string of the molecule is COc1ccc(NC(=O)NCCc2coc(-c3ccccc3)n2)cc1Cl. The smallest absolute Gasteiger partial charge is 0.319 e. The van der Waals surface area contributed by atoms with E-state index in [0.717, 1.165) is 11.3 Å². The van der Waals surface area contributed by atoms with Crippen molar-refractivity contribution in [2.45, 2.75) is 6.42 Å². The second-order valence-electron chi connectivity index (χ2n) is 5.49. The van der Waals surface area contributed by atoms with E-state index in [1.807, 2.05) is 30.3 Å². The summed E-state index contributed by atoms with van der Waals surface area (Å²) >= 11 is 6.03. The number of amides is 2. The summed E-state index contributed by atoms with van der Waals surface area (Å²) in [5.74, 6) is 1.12. The minimum atomic E-state index is -0.321. The van der Waals surface area contributed by atoms with Crippen molar-refractivity contribution in [3.8, 4) is 17.2 Å². The first-order valence-electron chi connectivity index (χ1n) is 8.04. The predicted octanol–water partition coefficient (Wildman–Crippen LogP) is 4.37. The van der Waals surface area contributed by atoms with Gasteiger partial charge in [-0.25, -0.2) is 9.78 Å². The highest BCUT2D eigenvalue weighted by Crippen LogP contribution is 2.27. The molecular weight excluding hydrogens is 354 g/mol. The second kappa shape index (κ2) is 8.40. The fourth-order valence-corrected chi connectivity index (χ4v) is 2.62. The van der Waals surface area contributed by atoms with Crippen molar-refractivity contribution in [3.63, 3.8) is 0 Å². The number of methoxy groups -OCH3 is 1. The number of urea groups is 1. The molecule has 7 heteroatoms. The van der Waals surface area contributed by atoms with Crippen LogP contribution in [0.5, 0.6) is 5.75 Å². The van der Waals surface area contributed by atoms with Crippen LogP contribution < -0.4 is 15.4 Å². The Morgan fingerprint density at radius 2 is 2.04 bits per heavy atom. The number of halogens is 1. The lowest BCUT2D eigenvalue weighted by molar-refractivity contribution is 0.252. The zero-order valence-corrected chi connectivity index (χ0v) is 14.9. The Labute approximate surface area is 156 Å². The topological polar surface area (TPSA) is 76.4 Å². The Balaban J connectivity index is 1.48. The maximum absolute atomic E-state index is 12.0. The van der Waals surface area contributed by atoms with Crippen molar-refractivity contribution >= 4 is 23.3 Å². The van der Waals surface area contributed by atoms with Crippen LogP contribution >= 0.6 is 11.6 Å². The highest BCUT2D eigenvalue weighted by Gasteiger charge is 2.08. The predicted molar refractivity (Wildman–Crippen MR) is 101 cm³/mol. The van der Waals surface area contributed by atoms with Crippen LogP contribution in [0, 0.1) is 0 Å². The zero-order chi connectivity index (χ0) is 18.4. The van der Waals surface area contributed by atoms with E-state index in [1.165, 1.54) is 7.11 Å². The molecule has 0 atom stereocenters. The molecule has 6 nitrogen and oxygen atoms in total. The van der Waals surface area contributed by atoms with Crippen LogP contribution in [0.2, 0.25) is 5.02 Å². The van der Waals surface area contributed by atoms with Gasteiger partial charge in [0.05, 0.1) is 17.8 Å². The number of oxazole rings is 1. The molecule has 3 rings (SSSR count). The standard InChI is InChI=1S/C19H18ClN3O3/c1-25-17-8-7-14(11-16(17)20)23-19(24)21-10-9-15-12-26-18(22-15)13-5-3-2-4-6-13/h2-8,11-12H,9-10H2,1H3,(H2,21,23,24). The summed E-state index contributed by atoms with van der Waals surface area (Å²) in [6.07, 6.45) is 2.16. The van der Waals surface area contributed by atoms with Crippen LogP contribution in [0.3, 0.4) is 0 Å². The average Bonchev–Trinajstić information content (AvgIpc) is 3.11. The summed E-state index contributed by atoms with van der Waals surface area (Å²) in [6, 6.07) is 14.4. The molecule has 0 aliphatic heterocycles. The molecule has 3 aromatic rings. The van der Waals surface area contributed by atoms with Crippen molar-refractivity contribution in [1.29, 1.82) is 0 Å². The van der Waals surface area contributed by atoms with E-state index in [2.05, 4.69) is 15.6 Å². The summed E-state index contributed by atoms with van der Waals surface area (Å²) in [7, 11) is 1.54. The quantitative estimate of drug-likeness (QED) is 0.674. The van der Waals surface area contributed by atoms with Gasteiger partial charge in [-0.15, -0.1) is 0 Å². The number of benzene rings is 2. The number of carbonyl (C=O) groups is 1. The number of ether oxygens (including phenoxy) is 1. The molecule has 0 fully saturated rings. The van der Waals surface area contributed by atoms with Crippen LogP contribution in [0.25, 0.3) is 11.5 Å². The summed E-state index contributed by atoms with van der Waals surface area (Å²) in [5.41, 5.74) is 2.28. The molecule has 0 radical (unpaired) electrons. The van der Waals surface area contributed by atoms with E-state index < -0.39 is 0 Å². The van der Waals surface area contributed by atoms with Gasteiger partial charge in [0.25, 0.3) is 0 Å². The van der Waals surface area contributed by atoms with Gasteiger partial charge in [-0.3, -0.25) is 0 Å². The lowest BCUT2D eigenvalue weighted by atomic mass is 10.2. The Hall–Kier alpha value is -2.99. The minimum Gasteiger partial charge on any atom is -0.495 e. The number of rotatable bonds is 6. The maximum Gasteiger partial charge on any atom is 0.319 e. The number of hydrogen-bond donors (Lipinski definition) is 2. The van der Waals surface area contributed by atoms with Crippen LogP contribution in [0.1, 0.15) is 5.69 Å². The van der Waals surface area contributed by atoms with Crippen molar-refractivity contribution in [2.75, 3.05) is 19.0 Å². The Morgan fingerprint density at radius 1 is 1.23 bits per heavy atom. The largest absolute Gasteiger partial charge is 0.495 e. The van der Waals surface area contributed by atoms with Gasteiger partial charge in [0.1, 0.15) is 12.0 Å². The molecule has 0 aliphatic carbocycles. The molecular formula is C19H18ClN3O3. The monoisotopic (exact) mass is 371 g/mol. The number of aromatic nitrogens is 1. The Morgan fingerprint density at radius 3 is 2.77 bits per heavy atom. The third-order valence-corrected chi connectivity index (χ3v) is 3.94. The molecule has 2 amide bonds. The van der Waals surface area contributed by atoms with Crippen molar-refractivity contribution in [2.24, 2.45) is 0 Å². The molecule has 0 saturated carbocycles. The lowest BCUT2D eigenvalue weighted by Crippen LogP contribution is -2.30. The van der Waals surface area contributed by atoms with E-state index in [0.29, 0.717) is 35.3 Å². The summed E-state index contributed by atoms with van der Waals surface area (Å²) < 4.78 is 10.5. The molecule has 2 aromatic carbocycles. The van der Waals surface area contributed by atoms with Gasteiger partial charge in [-0.05, 0) is 30.3 Å². The fraction of sp³-hybridized carbons (Fsp3) is 0.158. The molecule has 0 bridgehead atoms. The molecule has 26 heavy (non-hydrogen) atoms. The summed E-state index contributed by atoms with van der Waals surface area (Å²) in [4.78, 5) is 16.4. The average molecular weight is 372 g/mol. The van der Waals surface area contributed by atoms with Gasteiger partial charge >= 0.3 is 6.03 Å². The van der Waals surface area contributed by atoms with E-state index in [9.17, 15) is 4.79 Å². The third kappa shape index (κ3) is 4.55. The van der Waals surface area contributed by atoms with Gasteiger partial charge in [0.2, 0.25) is 5.89 Å². The third-order valence-electron chi connectivity index (χ3n) is 3.65. The molecule has 0 saturated heterocycles. The zero-order valence-electron chi connectivity index (χ0n) is 14.2. The highest BCUT2D eigenvalue weighted by molar-refractivity contribution is 6.32. The number of nitrogens with one attached hydrogen (secondary N) is 2.